The zero-order chi connectivity index (χ0) is 26.3. The first-order valence-electron chi connectivity index (χ1n) is 14.3. The minimum absolute atomic E-state index is 0.457. The predicted molar refractivity (Wildman–Crippen MR) is 159 cm³/mol. The summed E-state index contributed by atoms with van der Waals surface area (Å²) in [5.74, 6) is 0.890. The van der Waals surface area contributed by atoms with Crippen molar-refractivity contribution >= 4 is 0 Å². The van der Waals surface area contributed by atoms with Crippen molar-refractivity contribution in [2.24, 2.45) is 0 Å². The van der Waals surface area contributed by atoms with Crippen LogP contribution in [0.3, 0.4) is 0 Å². The molecule has 0 amide bonds. The summed E-state index contributed by atoms with van der Waals surface area (Å²) < 4.78 is 12.9. The Kier molecular flexibility index (Phi) is 11.0. The van der Waals surface area contributed by atoms with E-state index in [-0.39, 0.29) is 0 Å². The largest absolute Gasteiger partial charge is 0.491 e. The van der Waals surface area contributed by atoms with Gasteiger partial charge in [0.25, 0.3) is 0 Å². The minimum atomic E-state index is -0.715. The summed E-state index contributed by atoms with van der Waals surface area (Å²) in [4.78, 5) is 0. The Balaban J connectivity index is 1.37. The number of rotatable bonds is 16. The van der Waals surface area contributed by atoms with Crippen LogP contribution >= 0.6 is 0 Å². The first-order valence-corrected chi connectivity index (χ1v) is 14.3. The van der Waals surface area contributed by atoms with Crippen molar-refractivity contribution in [1.82, 2.24) is 0 Å². The molecule has 0 atom stereocenters. The van der Waals surface area contributed by atoms with Gasteiger partial charge in [-0.3, -0.25) is 0 Å². The minimum Gasteiger partial charge on any atom is -0.491 e. The van der Waals surface area contributed by atoms with Crippen LogP contribution < -0.4 is 4.74 Å². The highest BCUT2D eigenvalue weighted by molar-refractivity contribution is 5.47. The molecule has 38 heavy (non-hydrogen) atoms. The van der Waals surface area contributed by atoms with E-state index in [2.05, 4.69) is 104 Å². The standard InChI is InChI=1S/C36H42O2/c1-2-3-4-5-6-7-11-18-31-25-27-35(28-26-31)37-29-30-38-36(32-19-12-8-13-20-32,33-21-14-9-15-22-33)34-23-16-10-17-24-34/h8-10,12-17,19-28H,2-7,11,18,29-30H2,1H3. The average molecular weight is 507 g/mol. The van der Waals surface area contributed by atoms with Gasteiger partial charge in [-0.1, -0.05) is 149 Å². The highest BCUT2D eigenvalue weighted by atomic mass is 16.5. The Bertz CT molecular complexity index is 1060. The summed E-state index contributed by atoms with van der Waals surface area (Å²) in [5.41, 5.74) is 3.98. The molecule has 4 rings (SSSR count). The third-order valence-electron chi connectivity index (χ3n) is 7.20. The molecule has 0 heterocycles. The van der Waals surface area contributed by atoms with Gasteiger partial charge in [0.15, 0.2) is 0 Å². The second-order valence-corrected chi connectivity index (χ2v) is 9.99. The SMILES string of the molecule is CCCCCCCCCc1ccc(OCCOC(c2ccccc2)(c2ccccc2)c2ccccc2)cc1. The van der Waals surface area contributed by atoms with Crippen LogP contribution in [0.1, 0.15) is 74.1 Å². The van der Waals surface area contributed by atoms with Crippen molar-refractivity contribution < 1.29 is 9.47 Å². The lowest BCUT2D eigenvalue weighted by Gasteiger charge is -2.36. The molecule has 0 aromatic heterocycles. The molecule has 2 heteroatoms. The molecule has 4 aromatic carbocycles. The van der Waals surface area contributed by atoms with Crippen LogP contribution in [-0.2, 0) is 16.8 Å². The van der Waals surface area contributed by atoms with Crippen molar-refractivity contribution in [2.75, 3.05) is 13.2 Å². The lowest BCUT2D eigenvalue weighted by molar-refractivity contribution is -0.00240. The van der Waals surface area contributed by atoms with Gasteiger partial charge >= 0.3 is 0 Å². The molecule has 0 spiro atoms. The summed E-state index contributed by atoms with van der Waals surface area (Å²) in [6.45, 7) is 3.21. The van der Waals surface area contributed by atoms with Crippen molar-refractivity contribution in [2.45, 2.75) is 63.9 Å². The van der Waals surface area contributed by atoms with Gasteiger partial charge in [0.1, 0.15) is 18.0 Å². The molecular weight excluding hydrogens is 464 g/mol. The van der Waals surface area contributed by atoms with Gasteiger partial charge in [-0.2, -0.15) is 0 Å². The Labute approximate surface area is 229 Å². The third-order valence-corrected chi connectivity index (χ3v) is 7.20. The molecule has 4 aromatic rings. The normalized spacial score (nSPS) is 11.4. The first-order chi connectivity index (χ1) is 18.8. The van der Waals surface area contributed by atoms with Crippen LogP contribution in [-0.4, -0.2) is 13.2 Å². The van der Waals surface area contributed by atoms with E-state index in [1.54, 1.807) is 0 Å². The molecule has 0 aliphatic carbocycles. The molecule has 2 nitrogen and oxygen atoms in total. The van der Waals surface area contributed by atoms with Crippen LogP contribution in [0.25, 0.3) is 0 Å². The highest BCUT2D eigenvalue weighted by Crippen LogP contribution is 2.40. The quantitative estimate of drug-likeness (QED) is 0.111. The smallest absolute Gasteiger partial charge is 0.143 e. The van der Waals surface area contributed by atoms with Crippen LogP contribution in [0.15, 0.2) is 115 Å². The fraction of sp³-hybridized carbons (Fsp3) is 0.333. The number of unbranched alkanes of at least 4 members (excludes halogenated alkanes) is 6. The molecule has 0 fully saturated rings. The number of aryl methyl sites for hydroxylation is 1. The monoisotopic (exact) mass is 506 g/mol. The van der Waals surface area contributed by atoms with Gasteiger partial charge in [-0.15, -0.1) is 0 Å². The van der Waals surface area contributed by atoms with E-state index in [1.807, 2.05) is 18.2 Å². The van der Waals surface area contributed by atoms with Gasteiger partial charge in [-0.25, -0.2) is 0 Å². The van der Waals surface area contributed by atoms with Crippen molar-refractivity contribution in [3.63, 3.8) is 0 Å². The van der Waals surface area contributed by atoms with E-state index < -0.39 is 5.60 Å². The topological polar surface area (TPSA) is 18.5 Å². The Morgan fingerprint density at radius 2 is 0.974 bits per heavy atom. The summed E-state index contributed by atoms with van der Waals surface area (Å²) in [6.07, 6.45) is 10.5. The van der Waals surface area contributed by atoms with Crippen molar-refractivity contribution in [3.8, 4) is 5.75 Å². The number of hydrogen-bond donors (Lipinski definition) is 0. The fourth-order valence-corrected chi connectivity index (χ4v) is 5.16. The van der Waals surface area contributed by atoms with Crippen molar-refractivity contribution in [3.05, 3.63) is 138 Å². The van der Waals surface area contributed by atoms with Crippen LogP contribution in [0, 0.1) is 0 Å². The lowest BCUT2D eigenvalue weighted by Crippen LogP contribution is -2.34. The molecule has 0 N–H and O–H groups in total. The Morgan fingerprint density at radius 1 is 0.500 bits per heavy atom. The summed E-state index contributed by atoms with van der Waals surface area (Å²) in [5, 5.41) is 0. The third kappa shape index (κ3) is 7.58. The van der Waals surface area contributed by atoms with E-state index in [0.29, 0.717) is 13.2 Å². The van der Waals surface area contributed by atoms with Gasteiger partial charge in [-0.05, 0) is 47.2 Å². The van der Waals surface area contributed by atoms with E-state index in [1.165, 1.54) is 50.5 Å². The molecule has 0 aliphatic rings. The highest BCUT2D eigenvalue weighted by Gasteiger charge is 2.37. The summed E-state index contributed by atoms with van der Waals surface area (Å²) >= 11 is 0. The maximum atomic E-state index is 6.81. The Hall–Kier alpha value is -3.36. The predicted octanol–water partition coefficient (Wildman–Crippen LogP) is 9.37. The molecule has 198 valence electrons. The summed E-state index contributed by atoms with van der Waals surface area (Å²) in [7, 11) is 0. The summed E-state index contributed by atoms with van der Waals surface area (Å²) in [6, 6.07) is 40.0. The van der Waals surface area contributed by atoms with E-state index >= 15 is 0 Å². The molecule has 0 aliphatic heterocycles. The molecule has 0 bridgehead atoms. The molecular formula is C36H42O2. The molecule has 0 saturated heterocycles. The maximum absolute atomic E-state index is 6.81. The van der Waals surface area contributed by atoms with E-state index in [0.717, 1.165) is 28.9 Å². The number of ether oxygens (including phenoxy) is 2. The second-order valence-electron chi connectivity index (χ2n) is 9.99. The molecule has 0 saturated carbocycles. The zero-order valence-electron chi connectivity index (χ0n) is 22.9. The van der Waals surface area contributed by atoms with Crippen molar-refractivity contribution in [1.29, 1.82) is 0 Å². The van der Waals surface area contributed by atoms with Crippen LogP contribution in [0.5, 0.6) is 5.75 Å². The van der Waals surface area contributed by atoms with Crippen LogP contribution in [0.4, 0.5) is 0 Å². The van der Waals surface area contributed by atoms with E-state index in [4.69, 9.17) is 9.47 Å². The van der Waals surface area contributed by atoms with Gasteiger partial charge < -0.3 is 9.47 Å². The maximum Gasteiger partial charge on any atom is 0.143 e. The van der Waals surface area contributed by atoms with E-state index in [9.17, 15) is 0 Å². The number of hydrogen-bond acceptors (Lipinski definition) is 2. The zero-order valence-corrected chi connectivity index (χ0v) is 22.9. The Morgan fingerprint density at radius 3 is 1.47 bits per heavy atom. The fourth-order valence-electron chi connectivity index (χ4n) is 5.16. The lowest BCUT2D eigenvalue weighted by atomic mass is 9.80. The molecule has 0 radical (unpaired) electrons. The number of benzene rings is 4. The first kappa shape index (κ1) is 27.7. The van der Waals surface area contributed by atoms with Crippen LogP contribution in [0.2, 0.25) is 0 Å². The van der Waals surface area contributed by atoms with Gasteiger partial charge in [0.2, 0.25) is 0 Å². The second kappa shape index (κ2) is 15.1. The molecule has 0 unspecified atom stereocenters. The average Bonchev–Trinajstić information content (AvgIpc) is 2.99. The van der Waals surface area contributed by atoms with Gasteiger partial charge in [0.05, 0.1) is 6.61 Å². The van der Waals surface area contributed by atoms with Gasteiger partial charge in [0, 0.05) is 0 Å².